The van der Waals surface area contributed by atoms with Crippen LogP contribution in [0.3, 0.4) is 0 Å². The summed E-state index contributed by atoms with van der Waals surface area (Å²) in [7, 11) is 0. The fraction of sp³-hybridized carbons (Fsp3) is 0.0714. The molecule has 0 unspecified atom stereocenters. The normalized spacial score (nSPS) is 12.3. The van der Waals surface area contributed by atoms with E-state index in [1.165, 1.54) is 0 Å². The minimum Gasteiger partial charge on any atom is -0.454 e. The lowest BCUT2D eigenvalue weighted by molar-refractivity contribution is 0.0734. The van der Waals surface area contributed by atoms with Gasteiger partial charge in [-0.25, -0.2) is 4.79 Å². The number of benzene rings is 2. The molecule has 4 nitrogen and oxygen atoms in total. The molecule has 0 aliphatic carbocycles. The van der Waals surface area contributed by atoms with Crippen LogP contribution in [0, 0.1) is 0 Å². The van der Waals surface area contributed by atoms with E-state index in [2.05, 4.69) is 15.9 Å². The summed E-state index contributed by atoms with van der Waals surface area (Å²) in [6.45, 7) is 0.171. The number of carbonyl (C=O) groups excluding carboxylic acids is 1. The number of ether oxygens (including phenoxy) is 3. The lowest BCUT2D eigenvalue weighted by Gasteiger charge is -2.07. The SMILES string of the molecule is O=C(Oc1ccc2c(c1)OCO2)c1cc(Br)ccc1Cl. The molecule has 1 aliphatic rings. The lowest BCUT2D eigenvalue weighted by atomic mass is 10.2. The van der Waals surface area contributed by atoms with Gasteiger partial charge in [0.15, 0.2) is 11.5 Å². The van der Waals surface area contributed by atoms with Crippen molar-refractivity contribution in [1.29, 1.82) is 0 Å². The molecule has 102 valence electrons. The smallest absolute Gasteiger partial charge is 0.345 e. The average molecular weight is 356 g/mol. The summed E-state index contributed by atoms with van der Waals surface area (Å²) < 4.78 is 16.4. The van der Waals surface area contributed by atoms with Gasteiger partial charge in [0.05, 0.1) is 10.6 Å². The van der Waals surface area contributed by atoms with Gasteiger partial charge in [-0.05, 0) is 30.3 Å². The number of hydrogen-bond acceptors (Lipinski definition) is 4. The summed E-state index contributed by atoms with van der Waals surface area (Å²) in [5.41, 5.74) is 0.290. The van der Waals surface area contributed by atoms with Crippen LogP contribution in [0.25, 0.3) is 0 Å². The zero-order valence-corrected chi connectivity index (χ0v) is 12.4. The van der Waals surface area contributed by atoms with E-state index in [9.17, 15) is 4.79 Å². The predicted octanol–water partition coefficient (Wildman–Crippen LogP) is 4.05. The van der Waals surface area contributed by atoms with Gasteiger partial charge in [0.1, 0.15) is 5.75 Å². The molecule has 0 amide bonds. The Bertz CT molecular complexity index is 687. The van der Waals surface area contributed by atoms with E-state index < -0.39 is 5.97 Å². The summed E-state index contributed by atoms with van der Waals surface area (Å²) >= 11 is 9.27. The highest BCUT2D eigenvalue weighted by atomic mass is 79.9. The van der Waals surface area contributed by atoms with Crippen molar-refractivity contribution >= 4 is 33.5 Å². The van der Waals surface area contributed by atoms with Gasteiger partial charge in [-0.1, -0.05) is 27.5 Å². The number of esters is 1. The van der Waals surface area contributed by atoms with Gasteiger partial charge in [0.25, 0.3) is 0 Å². The molecule has 0 radical (unpaired) electrons. The Morgan fingerprint density at radius 1 is 1.15 bits per heavy atom. The molecule has 0 atom stereocenters. The molecule has 0 N–H and O–H groups in total. The van der Waals surface area contributed by atoms with Crippen LogP contribution in [0.1, 0.15) is 10.4 Å². The Labute approximate surface area is 128 Å². The zero-order chi connectivity index (χ0) is 14.1. The van der Waals surface area contributed by atoms with Crippen LogP contribution in [0.2, 0.25) is 5.02 Å². The minimum atomic E-state index is -0.532. The summed E-state index contributed by atoms with van der Waals surface area (Å²) in [5, 5.41) is 0.332. The second-order valence-corrected chi connectivity index (χ2v) is 5.35. The molecule has 2 aromatic rings. The summed E-state index contributed by atoms with van der Waals surface area (Å²) in [6.07, 6.45) is 0. The van der Waals surface area contributed by atoms with Crippen molar-refractivity contribution in [2.45, 2.75) is 0 Å². The first-order valence-electron chi connectivity index (χ1n) is 5.70. The summed E-state index contributed by atoms with van der Waals surface area (Å²) in [6, 6.07) is 9.91. The number of rotatable bonds is 2. The van der Waals surface area contributed by atoms with E-state index in [0.717, 1.165) is 4.47 Å². The van der Waals surface area contributed by atoms with Gasteiger partial charge in [0.2, 0.25) is 6.79 Å². The predicted molar refractivity (Wildman–Crippen MR) is 76.7 cm³/mol. The quantitative estimate of drug-likeness (QED) is 0.602. The summed E-state index contributed by atoms with van der Waals surface area (Å²) in [5.74, 6) is 1.02. The molecule has 1 aliphatic heterocycles. The maximum atomic E-state index is 12.1. The Hall–Kier alpha value is -1.72. The number of hydrogen-bond donors (Lipinski definition) is 0. The molecular weight excluding hydrogens is 348 g/mol. The van der Waals surface area contributed by atoms with Crippen molar-refractivity contribution in [2.24, 2.45) is 0 Å². The standard InChI is InChI=1S/C14H8BrClO4/c15-8-1-3-11(16)10(5-8)14(17)20-9-2-4-12-13(6-9)19-7-18-12/h1-6H,7H2. The van der Waals surface area contributed by atoms with Crippen molar-refractivity contribution in [3.63, 3.8) is 0 Å². The first kappa shape index (κ1) is 13.3. The van der Waals surface area contributed by atoms with E-state index in [1.807, 2.05) is 0 Å². The van der Waals surface area contributed by atoms with E-state index in [4.69, 9.17) is 25.8 Å². The van der Waals surface area contributed by atoms with Gasteiger partial charge >= 0.3 is 5.97 Å². The third kappa shape index (κ3) is 2.59. The first-order valence-corrected chi connectivity index (χ1v) is 6.87. The van der Waals surface area contributed by atoms with Crippen molar-refractivity contribution in [3.8, 4) is 17.2 Å². The monoisotopic (exact) mass is 354 g/mol. The van der Waals surface area contributed by atoms with Gasteiger partial charge < -0.3 is 14.2 Å². The maximum Gasteiger partial charge on any atom is 0.345 e. The molecule has 0 saturated carbocycles. The molecule has 0 spiro atoms. The molecule has 0 aromatic heterocycles. The molecule has 3 rings (SSSR count). The van der Waals surface area contributed by atoms with Gasteiger partial charge in [-0.15, -0.1) is 0 Å². The van der Waals surface area contributed by atoms with Crippen LogP contribution in [0.15, 0.2) is 40.9 Å². The highest BCUT2D eigenvalue weighted by Gasteiger charge is 2.17. The summed E-state index contributed by atoms with van der Waals surface area (Å²) in [4.78, 5) is 12.1. The van der Waals surface area contributed by atoms with Crippen LogP contribution >= 0.6 is 27.5 Å². The van der Waals surface area contributed by atoms with E-state index in [1.54, 1.807) is 36.4 Å². The van der Waals surface area contributed by atoms with Crippen LogP contribution in [0.5, 0.6) is 17.2 Å². The maximum absolute atomic E-state index is 12.1. The van der Waals surface area contributed by atoms with Gasteiger partial charge in [-0.2, -0.15) is 0 Å². The molecule has 2 aromatic carbocycles. The van der Waals surface area contributed by atoms with Crippen molar-refractivity contribution in [1.82, 2.24) is 0 Å². The molecule has 0 fully saturated rings. The largest absolute Gasteiger partial charge is 0.454 e. The highest BCUT2D eigenvalue weighted by molar-refractivity contribution is 9.10. The highest BCUT2D eigenvalue weighted by Crippen LogP contribution is 2.35. The second kappa shape index (κ2) is 5.34. The number of carbonyl (C=O) groups is 1. The van der Waals surface area contributed by atoms with Gasteiger partial charge in [0, 0.05) is 10.5 Å². The molecule has 0 saturated heterocycles. The van der Waals surface area contributed by atoms with E-state index >= 15 is 0 Å². The third-order valence-electron chi connectivity index (χ3n) is 2.70. The fourth-order valence-corrected chi connectivity index (χ4v) is 2.31. The average Bonchev–Trinajstić information content (AvgIpc) is 2.89. The Kier molecular flexibility index (Phi) is 3.54. The molecular formula is C14H8BrClO4. The third-order valence-corrected chi connectivity index (χ3v) is 3.53. The molecule has 6 heteroatoms. The lowest BCUT2D eigenvalue weighted by Crippen LogP contribution is -2.09. The van der Waals surface area contributed by atoms with E-state index in [0.29, 0.717) is 27.8 Å². The van der Waals surface area contributed by atoms with E-state index in [-0.39, 0.29) is 6.79 Å². The van der Waals surface area contributed by atoms with Crippen LogP contribution in [-0.2, 0) is 0 Å². The molecule has 1 heterocycles. The topological polar surface area (TPSA) is 44.8 Å². The van der Waals surface area contributed by atoms with Crippen molar-refractivity contribution in [3.05, 3.63) is 51.5 Å². The molecule has 0 bridgehead atoms. The Balaban J connectivity index is 1.84. The van der Waals surface area contributed by atoms with Crippen LogP contribution < -0.4 is 14.2 Å². The number of halogens is 2. The molecule has 20 heavy (non-hydrogen) atoms. The van der Waals surface area contributed by atoms with Crippen molar-refractivity contribution < 1.29 is 19.0 Å². The Morgan fingerprint density at radius 2 is 1.95 bits per heavy atom. The van der Waals surface area contributed by atoms with Crippen LogP contribution in [-0.4, -0.2) is 12.8 Å². The number of fused-ring (bicyclic) bond motifs is 1. The van der Waals surface area contributed by atoms with Gasteiger partial charge in [-0.3, -0.25) is 0 Å². The zero-order valence-electron chi connectivity index (χ0n) is 10.1. The second-order valence-electron chi connectivity index (χ2n) is 4.03. The first-order chi connectivity index (χ1) is 9.63. The Morgan fingerprint density at radius 3 is 2.80 bits per heavy atom. The minimum absolute atomic E-state index is 0.171. The fourth-order valence-electron chi connectivity index (χ4n) is 1.76. The van der Waals surface area contributed by atoms with Crippen LogP contribution in [0.4, 0.5) is 0 Å². The van der Waals surface area contributed by atoms with Crippen molar-refractivity contribution in [2.75, 3.05) is 6.79 Å².